The molecule has 2 heteroatoms. The van der Waals surface area contributed by atoms with Crippen molar-refractivity contribution in [1.82, 2.24) is 9.13 Å². The minimum atomic E-state index is -0.112. The maximum atomic E-state index is 2.57. The van der Waals surface area contributed by atoms with Gasteiger partial charge < -0.3 is 9.13 Å². The van der Waals surface area contributed by atoms with E-state index in [-0.39, 0.29) is 5.41 Å². The summed E-state index contributed by atoms with van der Waals surface area (Å²) in [4.78, 5) is 0. The molecule has 7 aromatic carbocycles. The lowest BCUT2D eigenvalue weighted by molar-refractivity contribution is 0.661. The van der Waals surface area contributed by atoms with Crippen LogP contribution in [0.4, 0.5) is 0 Å². The van der Waals surface area contributed by atoms with Crippen LogP contribution in [0.5, 0.6) is 0 Å². The Bertz CT molecular complexity index is 2670. The van der Waals surface area contributed by atoms with E-state index >= 15 is 0 Å². The number of hydrogen-bond acceptors (Lipinski definition) is 0. The topological polar surface area (TPSA) is 9.86 Å². The molecule has 1 aliphatic rings. The Kier molecular flexibility index (Phi) is 4.82. The lowest BCUT2D eigenvalue weighted by atomic mass is 9.82. The predicted octanol–water partition coefficient (Wildman–Crippen LogP) is 11.3. The molecule has 45 heavy (non-hydrogen) atoms. The van der Waals surface area contributed by atoms with Gasteiger partial charge in [-0.1, -0.05) is 123 Å². The van der Waals surface area contributed by atoms with E-state index in [1.54, 1.807) is 0 Å². The summed E-state index contributed by atoms with van der Waals surface area (Å²) in [5, 5.41) is 7.72. The summed E-state index contributed by atoms with van der Waals surface area (Å²) in [6.45, 7) is 4.78. The summed E-state index contributed by atoms with van der Waals surface area (Å²) in [5.74, 6) is 0. The Labute approximate surface area is 261 Å². The summed E-state index contributed by atoms with van der Waals surface area (Å²) in [5.41, 5.74) is 12.8. The van der Waals surface area contributed by atoms with Gasteiger partial charge in [0.25, 0.3) is 0 Å². The van der Waals surface area contributed by atoms with Crippen LogP contribution in [0.3, 0.4) is 0 Å². The maximum absolute atomic E-state index is 2.57. The summed E-state index contributed by atoms with van der Waals surface area (Å²) in [6, 6.07) is 53.7. The molecule has 0 saturated carbocycles. The monoisotopic (exact) mass is 574 g/mol. The second-order valence-corrected chi connectivity index (χ2v) is 12.9. The molecule has 2 aromatic heterocycles. The van der Waals surface area contributed by atoms with Crippen LogP contribution in [0.25, 0.3) is 76.9 Å². The van der Waals surface area contributed by atoms with Crippen LogP contribution < -0.4 is 0 Å². The van der Waals surface area contributed by atoms with Gasteiger partial charge in [-0.05, 0) is 63.9 Å². The molecule has 0 amide bonds. The number of fused-ring (bicyclic) bond motifs is 12. The van der Waals surface area contributed by atoms with Crippen molar-refractivity contribution in [2.24, 2.45) is 0 Å². The van der Waals surface area contributed by atoms with E-state index in [9.17, 15) is 0 Å². The third-order valence-electron chi connectivity index (χ3n) is 10.3. The number of hydrogen-bond donors (Lipinski definition) is 0. The summed E-state index contributed by atoms with van der Waals surface area (Å²) >= 11 is 0. The van der Waals surface area contributed by atoms with Crippen molar-refractivity contribution >= 4 is 54.4 Å². The first-order valence-electron chi connectivity index (χ1n) is 15.8. The van der Waals surface area contributed by atoms with Crippen molar-refractivity contribution in [3.8, 4) is 22.5 Å². The highest BCUT2D eigenvalue weighted by Crippen LogP contribution is 2.55. The minimum Gasteiger partial charge on any atom is -0.309 e. The highest BCUT2D eigenvalue weighted by molar-refractivity contribution is 6.21. The van der Waals surface area contributed by atoms with Crippen LogP contribution in [0.2, 0.25) is 0 Å². The van der Waals surface area contributed by atoms with Crippen molar-refractivity contribution in [2.45, 2.75) is 19.3 Å². The van der Waals surface area contributed by atoms with E-state index in [4.69, 9.17) is 0 Å². The molecule has 10 rings (SSSR count). The molecule has 1 aliphatic carbocycles. The van der Waals surface area contributed by atoms with Gasteiger partial charge in [0.05, 0.1) is 27.8 Å². The van der Waals surface area contributed by atoms with Gasteiger partial charge in [0, 0.05) is 38.2 Å². The van der Waals surface area contributed by atoms with Gasteiger partial charge in [0.15, 0.2) is 0 Å². The lowest BCUT2D eigenvalue weighted by Gasteiger charge is -2.21. The number of nitrogens with zero attached hydrogens (tertiary/aromatic N) is 2. The Morgan fingerprint density at radius 2 is 1.04 bits per heavy atom. The third-order valence-corrected chi connectivity index (χ3v) is 10.3. The molecular weight excluding hydrogens is 544 g/mol. The zero-order valence-corrected chi connectivity index (χ0v) is 25.3. The highest BCUT2D eigenvalue weighted by Gasteiger charge is 2.39. The highest BCUT2D eigenvalue weighted by atomic mass is 15.0. The zero-order chi connectivity index (χ0) is 29.9. The molecular formula is C43H30N2. The Hall–Kier alpha value is -5.60. The summed E-state index contributed by atoms with van der Waals surface area (Å²) in [7, 11) is 0. The molecule has 0 radical (unpaired) electrons. The molecule has 212 valence electrons. The fraction of sp³-hybridized carbons (Fsp3) is 0.0698. The molecule has 9 aromatic rings. The van der Waals surface area contributed by atoms with Crippen LogP contribution in [0, 0.1) is 0 Å². The summed E-state index contributed by atoms with van der Waals surface area (Å²) in [6.07, 6.45) is 0. The molecule has 2 nitrogen and oxygen atoms in total. The molecule has 0 bridgehead atoms. The molecule has 0 N–H and O–H groups in total. The molecule has 0 unspecified atom stereocenters. The van der Waals surface area contributed by atoms with Gasteiger partial charge >= 0.3 is 0 Å². The largest absolute Gasteiger partial charge is 0.309 e. The lowest BCUT2D eigenvalue weighted by Crippen LogP contribution is -2.14. The molecule has 0 aliphatic heterocycles. The number of aromatic nitrogens is 2. The smallest absolute Gasteiger partial charge is 0.0623 e. The first kappa shape index (κ1) is 24.8. The van der Waals surface area contributed by atoms with Crippen LogP contribution in [0.15, 0.2) is 146 Å². The van der Waals surface area contributed by atoms with E-state index < -0.39 is 0 Å². The normalized spacial score (nSPS) is 13.7. The molecule has 0 spiro atoms. The molecule has 0 saturated heterocycles. The summed E-state index contributed by atoms with van der Waals surface area (Å²) < 4.78 is 4.99. The first-order chi connectivity index (χ1) is 22.1. The van der Waals surface area contributed by atoms with E-state index in [0.29, 0.717) is 0 Å². The van der Waals surface area contributed by atoms with Crippen LogP contribution >= 0.6 is 0 Å². The second-order valence-electron chi connectivity index (χ2n) is 12.9. The molecule has 0 atom stereocenters. The van der Waals surface area contributed by atoms with E-state index in [1.165, 1.54) is 88.0 Å². The Morgan fingerprint density at radius 1 is 0.422 bits per heavy atom. The van der Waals surface area contributed by atoms with E-state index in [1.807, 2.05) is 0 Å². The van der Waals surface area contributed by atoms with Crippen molar-refractivity contribution in [2.75, 3.05) is 0 Å². The average Bonchev–Trinajstić information content (AvgIpc) is 3.69. The predicted molar refractivity (Wildman–Crippen MR) is 190 cm³/mol. The minimum absolute atomic E-state index is 0.112. The van der Waals surface area contributed by atoms with E-state index in [0.717, 1.165) is 0 Å². The van der Waals surface area contributed by atoms with Crippen molar-refractivity contribution < 1.29 is 0 Å². The Morgan fingerprint density at radius 3 is 1.87 bits per heavy atom. The number of rotatable bonds is 2. The van der Waals surface area contributed by atoms with E-state index in [2.05, 4.69) is 169 Å². The van der Waals surface area contributed by atoms with Crippen molar-refractivity contribution in [3.05, 3.63) is 157 Å². The second kappa shape index (κ2) is 8.74. The molecule has 0 fully saturated rings. The average molecular weight is 575 g/mol. The molecule has 2 heterocycles. The Balaban J connectivity index is 1.43. The van der Waals surface area contributed by atoms with Crippen molar-refractivity contribution in [3.63, 3.8) is 0 Å². The van der Waals surface area contributed by atoms with Crippen LogP contribution in [-0.4, -0.2) is 9.13 Å². The quantitative estimate of drug-likeness (QED) is 0.194. The fourth-order valence-corrected chi connectivity index (χ4v) is 8.33. The van der Waals surface area contributed by atoms with Crippen LogP contribution in [-0.2, 0) is 5.41 Å². The van der Waals surface area contributed by atoms with Gasteiger partial charge in [0.2, 0.25) is 0 Å². The van der Waals surface area contributed by atoms with Crippen LogP contribution in [0.1, 0.15) is 25.0 Å². The fourth-order valence-electron chi connectivity index (χ4n) is 8.33. The maximum Gasteiger partial charge on any atom is 0.0623 e. The van der Waals surface area contributed by atoms with Gasteiger partial charge in [-0.15, -0.1) is 0 Å². The van der Waals surface area contributed by atoms with Crippen molar-refractivity contribution in [1.29, 1.82) is 0 Å². The van der Waals surface area contributed by atoms with Gasteiger partial charge in [-0.2, -0.15) is 0 Å². The van der Waals surface area contributed by atoms with Gasteiger partial charge in [-0.3, -0.25) is 0 Å². The van der Waals surface area contributed by atoms with Gasteiger partial charge in [0.1, 0.15) is 0 Å². The third kappa shape index (κ3) is 3.13. The number of benzene rings is 7. The standard InChI is InChI=1S/C43H30N2/c1-43(2)33-25-23-27-13-6-7-16-29(27)39(33)41-34(43)26-24-31-30-17-8-10-19-35(30)45(42(31)41)38-22-12-21-37-40(38)32-18-9-11-20-36(32)44(37)28-14-4-3-5-15-28/h3-26H,1-2H3. The SMILES string of the molecule is CC1(C)c2ccc3ccccc3c2-c2c1ccc1c3ccccc3n(-c3cccc4c3c3ccccc3n4-c3ccccc3)c21. The zero-order valence-electron chi connectivity index (χ0n) is 25.3. The van der Waals surface area contributed by atoms with Gasteiger partial charge in [-0.25, -0.2) is 0 Å². The number of para-hydroxylation sites is 3. The first-order valence-corrected chi connectivity index (χ1v) is 15.8.